The van der Waals surface area contributed by atoms with Crippen molar-refractivity contribution in [3.63, 3.8) is 0 Å². The number of carbonyl (C=O) groups excluding carboxylic acids is 2. The molecule has 0 radical (unpaired) electrons. The summed E-state index contributed by atoms with van der Waals surface area (Å²) in [6.07, 6.45) is 0. The lowest BCUT2D eigenvalue weighted by Gasteiger charge is -2.05. The van der Waals surface area contributed by atoms with Gasteiger partial charge in [0, 0.05) is 5.69 Å². The van der Waals surface area contributed by atoms with Gasteiger partial charge in [-0.25, -0.2) is 4.79 Å². The summed E-state index contributed by atoms with van der Waals surface area (Å²) in [5, 5.41) is 4.77. The first kappa shape index (κ1) is 12.6. The van der Waals surface area contributed by atoms with Gasteiger partial charge in [0.1, 0.15) is 0 Å². The zero-order chi connectivity index (χ0) is 13.0. The number of imide groups is 1. The van der Waals surface area contributed by atoms with E-state index in [-0.39, 0.29) is 0 Å². The number of benzene rings is 1. The van der Waals surface area contributed by atoms with Gasteiger partial charge in [0.2, 0.25) is 0 Å². The molecule has 0 bridgehead atoms. The fourth-order valence-corrected chi connectivity index (χ4v) is 2.22. The fourth-order valence-electron chi connectivity index (χ4n) is 1.28. The fraction of sp³-hybridized carbons (Fsp3) is 0. The van der Waals surface area contributed by atoms with E-state index in [2.05, 4.69) is 10.6 Å². The van der Waals surface area contributed by atoms with Gasteiger partial charge in [-0.05, 0) is 24.3 Å². The molecule has 2 aromatic rings. The molecule has 1 aromatic carbocycles. The summed E-state index contributed by atoms with van der Waals surface area (Å²) < 4.78 is 0.503. The van der Waals surface area contributed by atoms with Crippen molar-refractivity contribution in [3.05, 3.63) is 51.7 Å². The summed E-state index contributed by atoms with van der Waals surface area (Å²) in [5.41, 5.74) is 0.618. The molecular formula is C12H9ClN2O2S. The molecule has 6 heteroatoms. The number of para-hydroxylation sites is 1. The summed E-state index contributed by atoms with van der Waals surface area (Å²) >= 11 is 6.83. The number of halogens is 1. The van der Waals surface area contributed by atoms with Gasteiger partial charge < -0.3 is 5.32 Å². The van der Waals surface area contributed by atoms with E-state index in [1.165, 1.54) is 0 Å². The maximum Gasteiger partial charge on any atom is 0.326 e. The number of hydrogen-bond donors (Lipinski definition) is 2. The Morgan fingerprint density at radius 1 is 1.06 bits per heavy atom. The minimum Gasteiger partial charge on any atom is -0.308 e. The molecular weight excluding hydrogens is 272 g/mol. The van der Waals surface area contributed by atoms with Crippen molar-refractivity contribution in [1.29, 1.82) is 0 Å². The second-order valence-corrected chi connectivity index (χ2v) is 5.09. The van der Waals surface area contributed by atoms with E-state index in [1.54, 1.807) is 36.4 Å². The van der Waals surface area contributed by atoms with Crippen LogP contribution in [0.25, 0.3) is 0 Å². The summed E-state index contributed by atoms with van der Waals surface area (Å²) in [7, 11) is 0. The van der Waals surface area contributed by atoms with Crippen molar-refractivity contribution < 1.29 is 9.59 Å². The Labute approximate surface area is 113 Å². The Hall–Kier alpha value is -1.85. The van der Waals surface area contributed by atoms with Crippen LogP contribution in [0.3, 0.4) is 0 Å². The van der Waals surface area contributed by atoms with Crippen molar-refractivity contribution in [3.8, 4) is 0 Å². The van der Waals surface area contributed by atoms with E-state index in [4.69, 9.17) is 11.6 Å². The molecule has 0 aliphatic heterocycles. The first-order valence-electron chi connectivity index (χ1n) is 5.08. The van der Waals surface area contributed by atoms with Gasteiger partial charge in [-0.15, -0.1) is 11.3 Å². The number of hydrogen-bond acceptors (Lipinski definition) is 3. The molecule has 2 N–H and O–H groups in total. The molecule has 0 unspecified atom stereocenters. The smallest absolute Gasteiger partial charge is 0.308 e. The predicted octanol–water partition coefficient (Wildman–Crippen LogP) is 3.36. The Kier molecular flexibility index (Phi) is 3.96. The molecule has 92 valence electrons. The largest absolute Gasteiger partial charge is 0.326 e. The van der Waals surface area contributed by atoms with Crippen LogP contribution >= 0.6 is 22.9 Å². The highest BCUT2D eigenvalue weighted by Crippen LogP contribution is 2.21. The highest BCUT2D eigenvalue weighted by molar-refractivity contribution is 7.18. The van der Waals surface area contributed by atoms with E-state index in [9.17, 15) is 9.59 Å². The van der Waals surface area contributed by atoms with Gasteiger partial charge in [0.25, 0.3) is 5.91 Å². The summed E-state index contributed by atoms with van der Waals surface area (Å²) in [6.45, 7) is 0. The highest BCUT2D eigenvalue weighted by Gasteiger charge is 2.12. The molecule has 0 saturated carbocycles. The topological polar surface area (TPSA) is 58.2 Å². The number of nitrogens with one attached hydrogen (secondary N) is 2. The first-order valence-corrected chi connectivity index (χ1v) is 6.27. The molecule has 0 spiro atoms. The Morgan fingerprint density at radius 3 is 2.39 bits per heavy atom. The van der Waals surface area contributed by atoms with E-state index >= 15 is 0 Å². The zero-order valence-electron chi connectivity index (χ0n) is 9.14. The number of anilines is 1. The lowest BCUT2D eigenvalue weighted by molar-refractivity contribution is 0.0971. The first-order chi connectivity index (χ1) is 8.65. The average Bonchev–Trinajstić information content (AvgIpc) is 2.77. The maximum atomic E-state index is 11.6. The van der Waals surface area contributed by atoms with Gasteiger partial charge in [-0.2, -0.15) is 0 Å². The minimum atomic E-state index is -0.573. The van der Waals surface area contributed by atoms with Crippen LogP contribution in [0.2, 0.25) is 4.34 Å². The van der Waals surface area contributed by atoms with E-state index in [0.29, 0.717) is 14.9 Å². The Bertz CT molecular complexity index is 568. The van der Waals surface area contributed by atoms with Gasteiger partial charge in [0.15, 0.2) is 0 Å². The molecule has 0 atom stereocenters. The number of carbonyl (C=O) groups is 2. The lowest BCUT2D eigenvalue weighted by atomic mass is 10.3. The average molecular weight is 281 g/mol. The van der Waals surface area contributed by atoms with Crippen LogP contribution < -0.4 is 10.6 Å². The van der Waals surface area contributed by atoms with Gasteiger partial charge in [0.05, 0.1) is 9.21 Å². The van der Waals surface area contributed by atoms with Crippen LogP contribution in [-0.2, 0) is 0 Å². The molecule has 1 heterocycles. The SMILES string of the molecule is O=C(NC(=O)c1ccc(Cl)s1)Nc1ccccc1. The van der Waals surface area contributed by atoms with E-state index in [0.717, 1.165) is 11.3 Å². The molecule has 18 heavy (non-hydrogen) atoms. The van der Waals surface area contributed by atoms with Gasteiger partial charge in [-0.3, -0.25) is 10.1 Å². The third-order valence-corrected chi connectivity index (χ3v) is 3.29. The molecule has 0 aliphatic carbocycles. The normalized spacial score (nSPS) is 9.83. The molecule has 0 saturated heterocycles. The Morgan fingerprint density at radius 2 is 1.78 bits per heavy atom. The summed E-state index contributed by atoms with van der Waals surface area (Å²) in [6, 6.07) is 11.5. The molecule has 4 nitrogen and oxygen atoms in total. The molecule has 0 aliphatic rings. The van der Waals surface area contributed by atoms with Crippen molar-refractivity contribution in [1.82, 2.24) is 5.32 Å². The monoisotopic (exact) mass is 280 g/mol. The van der Waals surface area contributed by atoms with Crippen LogP contribution in [0.4, 0.5) is 10.5 Å². The third-order valence-electron chi connectivity index (χ3n) is 2.06. The number of urea groups is 1. The minimum absolute atomic E-state index is 0.392. The van der Waals surface area contributed by atoms with Crippen LogP contribution in [0.15, 0.2) is 42.5 Å². The van der Waals surface area contributed by atoms with Crippen LogP contribution in [0.1, 0.15) is 9.67 Å². The van der Waals surface area contributed by atoms with Gasteiger partial charge >= 0.3 is 6.03 Å². The second kappa shape index (κ2) is 5.66. The lowest BCUT2D eigenvalue weighted by Crippen LogP contribution is -2.33. The quantitative estimate of drug-likeness (QED) is 0.886. The predicted molar refractivity (Wildman–Crippen MR) is 72.3 cm³/mol. The number of amides is 3. The Balaban J connectivity index is 1.94. The maximum absolute atomic E-state index is 11.6. The molecule has 3 amide bonds. The molecule has 1 aromatic heterocycles. The number of rotatable bonds is 2. The second-order valence-electron chi connectivity index (χ2n) is 3.38. The van der Waals surface area contributed by atoms with E-state index in [1.807, 2.05) is 6.07 Å². The standard InChI is InChI=1S/C12H9ClN2O2S/c13-10-7-6-9(18-10)11(16)15-12(17)14-8-4-2-1-3-5-8/h1-7H,(H2,14,15,16,17). The van der Waals surface area contributed by atoms with Crippen LogP contribution in [0, 0.1) is 0 Å². The van der Waals surface area contributed by atoms with Crippen molar-refractivity contribution in [2.75, 3.05) is 5.32 Å². The number of thiophene rings is 1. The summed E-state index contributed by atoms with van der Waals surface area (Å²) in [5.74, 6) is -0.472. The van der Waals surface area contributed by atoms with Gasteiger partial charge in [-0.1, -0.05) is 29.8 Å². The zero-order valence-corrected chi connectivity index (χ0v) is 10.7. The summed E-state index contributed by atoms with van der Waals surface area (Å²) in [4.78, 5) is 23.6. The van der Waals surface area contributed by atoms with Crippen molar-refractivity contribution in [2.24, 2.45) is 0 Å². The van der Waals surface area contributed by atoms with Crippen LogP contribution in [-0.4, -0.2) is 11.9 Å². The molecule has 0 fully saturated rings. The van der Waals surface area contributed by atoms with Crippen LogP contribution in [0.5, 0.6) is 0 Å². The third kappa shape index (κ3) is 3.32. The van der Waals surface area contributed by atoms with Crippen molar-refractivity contribution in [2.45, 2.75) is 0 Å². The molecule has 2 rings (SSSR count). The van der Waals surface area contributed by atoms with Crippen molar-refractivity contribution >= 4 is 40.6 Å². The highest BCUT2D eigenvalue weighted by atomic mass is 35.5. The van der Waals surface area contributed by atoms with E-state index < -0.39 is 11.9 Å².